The Balaban J connectivity index is 1.05. The van der Waals surface area contributed by atoms with Crippen LogP contribution in [0.15, 0.2) is 60.3 Å². The first-order valence-corrected chi connectivity index (χ1v) is 16.2. The Morgan fingerprint density at radius 3 is 2.48 bits per heavy atom. The van der Waals surface area contributed by atoms with Gasteiger partial charge in [0.05, 0.1) is 22.0 Å². The predicted octanol–water partition coefficient (Wildman–Crippen LogP) is 4.67. The highest BCUT2D eigenvalue weighted by atomic mass is 32.2. The first kappa shape index (κ1) is 28.6. The molecule has 0 radical (unpaired) electrons. The summed E-state index contributed by atoms with van der Waals surface area (Å²) in [4.78, 5) is 16.9. The van der Waals surface area contributed by atoms with Crippen molar-refractivity contribution in [3.63, 3.8) is 0 Å². The van der Waals surface area contributed by atoms with Gasteiger partial charge in [0.2, 0.25) is 5.95 Å². The van der Waals surface area contributed by atoms with E-state index in [-0.39, 0.29) is 17.7 Å². The largest absolute Gasteiger partial charge is 0.490 e. The third-order valence-corrected chi connectivity index (χ3v) is 9.79. The standard InChI is InChI=1S/C32H40N6O3S/c1-22(37-32(2,3)24-8-15-33-16-9-24)23-4-6-26(7-5-23)41-27-10-17-38(18-11-27)31-35-28-14-21-42(39)29(28)30(36-31)34-25-12-19-40-20-13-25/h4-9,15-16,25,27,37H,1,10-14,17-21H2,2-3H3,(H,34,35,36). The molecule has 1 unspecified atom stereocenters. The summed E-state index contributed by atoms with van der Waals surface area (Å²) in [6.45, 7) is 11.6. The molecule has 42 heavy (non-hydrogen) atoms. The van der Waals surface area contributed by atoms with Crippen LogP contribution in [0.4, 0.5) is 11.8 Å². The average Bonchev–Trinajstić information content (AvgIpc) is 3.39. The molecule has 1 aromatic carbocycles. The maximum atomic E-state index is 12.7. The van der Waals surface area contributed by atoms with Gasteiger partial charge < -0.3 is 25.0 Å². The molecule has 0 amide bonds. The summed E-state index contributed by atoms with van der Waals surface area (Å²) in [6.07, 6.45) is 8.10. The van der Waals surface area contributed by atoms with Gasteiger partial charge in [0.25, 0.3) is 0 Å². The van der Waals surface area contributed by atoms with Crippen molar-refractivity contribution in [1.29, 1.82) is 0 Å². The molecule has 2 fully saturated rings. The second-order valence-corrected chi connectivity index (χ2v) is 13.3. The molecule has 0 aliphatic carbocycles. The predicted molar refractivity (Wildman–Crippen MR) is 166 cm³/mol. The highest BCUT2D eigenvalue weighted by molar-refractivity contribution is 7.85. The van der Waals surface area contributed by atoms with Crippen molar-refractivity contribution in [3.05, 3.63) is 72.2 Å². The molecule has 2 saturated heterocycles. The van der Waals surface area contributed by atoms with E-state index in [1.807, 2.05) is 36.7 Å². The van der Waals surface area contributed by atoms with Crippen molar-refractivity contribution in [2.24, 2.45) is 0 Å². The number of hydrogen-bond donors (Lipinski definition) is 2. The number of ether oxygens (including phenoxy) is 2. The summed E-state index contributed by atoms with van der Waals surface area (Å²) in [7, 11) is -1.04. The third kappa shape index (κ3) is 6.44. The van der Waals surface area contributed by atoms with Gasteiger partial charge in [0.15, 0.2) is 0 Å². The second-order valence-electron chi connectivity index (χ2n) is 11.8. The Kier molecular flexibility index (Phi) is 8.44. The van der Waals surface area contributed by atoms with E-state index in [4.69, 9.17) is 19.4 Å². The highest BCUT2D eigenvalue weighted by Crippen LogP contribution is 2.32. The number of piperidine rings is 1. The number of aryl methyl sites for hydroxylation is 1. The molecule has 0 spiro atoms. The molecular formula is C32H40N6O3S. The van der Waals surface area contributed by atoms with E-state index in [0.717, 1.165) is 103 Å². The van der Waals surface area contributed by atoms with Crippen LogP contribution in [0.1, 0.15) is 56.4 Å². The van der Waals surface area contributed by atoms with Gasteiger partial charge in [0, 0.05) is 75.5 Å². The van der Waals surface area contributed by atoms with Crippen molar-refractivity contribution < 1.29 is 13.7 Å². The van der Waals surface area contributed by atoms with Gasteiger partial charge in [-0.1, -0.05) is 6.58 Å². The number of pyridine rings is 1. The number of benzene rings is 1. The lowest BCUT2D eigenvalue weighted by Gasteiger charge is -2.33. The Labute approximate surface area is 250 Å². The number of anilines is 2. The maximum Gasteiger partial charge on any atom is 0.227 e. The van der Waals surface area contributed by atoms with Crippen LogP contribution in [-0.2, 0) is 27.5 Å². The molecule has 0 saturated carbocycles. The Morgan fingerprint density at radius 1 is 1.05 bits per heavy atom. The zero-order valence-electron chi connectivity index (χ0n) is 24.5. The fourth-order valence-electron chi connectivity index (χ4n) is 5.85. The number of nitrogens with zero attached hydrogens (tertiary/aromatic N) is 4. The molecule has 3 aromatic rings. The smallest absolute Gasteiger partial charge is 0.227 e. The second kappa shape index (κ2) is 12.4. The van der Waals surface area contributed by atoms with Crippen LogP contribution in [0.3, 0.4) is 0 Å². The van der Waals surface area contributed by atoms with Gasteiger partial charge in [-0.3, -0.25) is 9.19 Å². The van der Waals surface area contributed by atoms with E-state index in [9.17, 15) is 4.21 Å². The van der Waals surface area contributed by atoms with Gasteiger partial charge in [-0.25, -0.2) is 4.98 Å². The summed E-state index contributed by atoms with van der Waals surface area (Å²) in [5.41, 5.74) is 3.69. The van der Waals surface area contributed by atoms with E-state index in [2.05, 4.69) is 53.1 Å². The summed E-state index contributed by atoms with van der Waals surface area (Å²) in [5.74, 6) is 2.95. The van der Waals surface area contributed by atoms with Crippen LogP contribution in [0.2, 0.25) is 0 Å². The van der Waals surface area contributed by atoms with E-state index >= 15 is 0 Å². The quantitative estimate of drug-likeness (QED) is 0.369. The fraction of sp³-hybridized carbons (Fsp3) is 0.469. The van der Waals surface area contributed by atoms with Crippen LogP contribution in [-0.4, -0.2) is 63.4 Å². The fourth-order valence-corrected chi connectivity index (χ4v) is 7.16. The van der Waals surface area contributed by atoms with Gasteiger partial charge in [-0.15, -0.1) is 0 Å². The van der Waals surface area contributed by atoms with Gasteiger partial charge in [-0.05, 0) is 74.2 Å². The Morgan fingerprint density at radius 2 is 1.76 bits per heavy atom. The molecule has 2 N–H and O–H groups in total. The lowest BCUT2D eigenvalue weighted by atomic mass is 9.94. The number of aromatic nitrogens is 3. The molecule has 5 heterocycles. The maximum absolute atomic E-state index is 12.7. The molecule has 9 nitrogen and oxygen atoms in total. The first-order chi connectivity index (χ1) is 20.4. The first-order valence-electron chi connectivity index (χ1n) is 14.9. The SMILES string of the molecule is C=C(NC(C)(C)c1ccncc1)c1ccc(OC2CCN(c3nc4c(c(NC5CCOCC5)n3)S(=O)CC4)CC2)cc1. The van der Waals surface area contributed by atoms with Gasteiger partial charge >= 0.3 is 0 Å². The molecule has 6 rings (SSSR count). The molecule has 1 atom stereocenters. The average molecular weight is 589 g/mol. The van der Waals surface area contributed by atoms with Gasteiger partial charge in [0.1, 0.15) is 22.6 Å². The van der Waals surface area contributed by atoms with E-state index in [1.54, 1.807) is 0 Å². The van der Waals surface area contributed by atoms with Crippen LogP contribution in [0.25, 0.3) is 5.70 Å². The van der Waals surface area contributed by atoms with Crippen molar-refractivity contribution in [3.8, 4) is 5.75 Å². The monoisotopic (exact) mass is 588 g/mol. The van der Waals surface area contributed by atoms with Crippen molar-refractivity contribution in [2.75, 3.05) is 42.3 Å². The highest BCUT2D eigenvalue weighted by Gasteiger charge is 2.30. The van der Waals surface area contributed by atoms with Crippen LogP contribution in [0.5, 0.6) is 5.75 Å². The van der Waals surface area contributed by atoms with Crippen LogP contribution < -0.4 is 20.3 Å². The number of hydrogen-bond acceptors (Lipinski definition) is 9. The van der Waals surface area contributed by atoms with Crippen LogP contribution in [0, 0.1) is 0 Å². The third-order valence-electron chi connectivity index (χ3n) is 8.33. The molecule has 2 aromatic heterocycles. The van der Waals surface area contributed by atoms with Gasteiger partial charge in [-0.2, -0.15) is 4.98 Å². The minimum absolute atomic E-state index is 0.126. The topological polar surface area (TPSA) is 102 Å². The molecule has 10 heteroatoms. The normalized spacial score (nSPS) is 19.8. The molecule has 222 valence electrons. The minimum atomic E-state index is -1.04. The van der Waals surface area contributed by atoms with Crippen molar-refractivity contribution in [2.45, 2.75) is 68.5 Å². The zero-order chi connectivity index (χ0) is 29.1. The van der Waals surface area contributed by atoms with Crippen LogP contribution >= 0.6 is 0 Å². The Hall–Kier alpha value is -3.50. The molecule has 0 bridgehead atoms. The Bertz CT molecular complexity index is 1420. The zero-order valence-corrected chi connectivity index (χ0v) is 25.3. The molecule has 3 aliphatic rings. The summed E-state index contributed by atoms with van der Waals surface area (Å²) in [5, 5.41) is 7.12. The molecule has 3 aliphatic heterocycles. The van der Waals surface area contributed by atoms with E-state index in [0.29, 0.717) is 5.75 Å². The lowest BCUT2D eigenvalue weighted by Crippen LogP contribution is -2.39. The summed E-state index contributed by atoms with van der Waals surface area (Å²) < 4.78 is 24.6. The van der Waals surface area contributed by atoms with E-state index in [1.165, 1.54) is 0 Å². The number of nitrogens with one attached hydrogen (secondary N) is 2. The number of rotatable bonds is 9. The summed E-state index contributed by atoms with van der Waals surface area (Å²) in [6, 6.07) is 12.5. The minimum Gasteiger partial charge on any atom is -0.490 e. The van der Waals surface area contributed by atoms with Crippen molar-refractivity contribution in [1.82, 2.24) is 20.3 Å². The molecular weight excluding hydrogens is 548 g/mol. The van der Waals surface area contributed by atoms with E-state index < -0.39 is 10.8 Å². The number of fused-ring (bicyclic) bond motifs is 1. The van der Waals surface area contributed by atoms with Crippen molar-refractivity contribution >= 4 is 28.3 Å². The lowest BCUT2D eigenvalue weighted by molar-refractivity contribution is 0.0903. The summed E-state index contributed by atoms with van der Waals surface area (Å²) >= 11 is 0.